The van der Waals surface area contributed by atoms with E-state index in [-0.39, 0.29) is 0 Å². The molecular weight excluding hydrogens is 236 g/mol. The van der Waals surface area contributed by atoms with Crippen LogP contribution in [0, 0.1) is 6.92 Å². The zero-order chi connectivity index (χ0) is 13.0. The summed E-state index contributed by atoms with van der Waals surface area (Å²) in [5.41, 5.74) is 7.18. The van der Waals surface area contributed by atoms with Crippen LogP contribution in [0.25, 0.3) is 16.9 Å². The molecule has 3 nitrogen and oxygen atoms in total. The van der Waals surface area contributed by atoms with Gasteiger partial charge in [0.15, 0.2) is 0 Å². The summed E-state index contributed by atoms with van der Waals surface area (Å²) >= 11 is 0. The van der Waals surface area contributed by atoms with Crippen LogP contribution in [0.2, 0.25) is 0 Å². The van der Waals surface area contributed by atoms with Gasteiger partial charge in [-0.1, -0.05) is 12.1 Å². The molecule has 3 aromatic rings. The van der Waals surface area contributed by atoms with Gasteiger partial charge in [-0.2, -0.15) is 0 Å². The fourth-order valence-corrected chi connectivity index (χ4v) is 2.82. The highest BCUT2D eigenvalue weighted by Gasteiger charge is 2.24. The lowest BCUT2D eigenvalue weighted by atomic mass is 10.1. The SMILES string of the molecule is COc1ccc2c(c1)-c1nc3ccc(C)cn3c1C2. The first-order chi connectivity index (χ1) is 9.26. The van der Waals surface area contributed by atoms with Crippen molar-refractivity contribution < 1.29 is 4.74 Å². The molecule has 1 aliphatic rings. The van der Waals surface area contributed by atoms with E-state index >= 15 is 0 Å². The van der Waals surface area contributed by atoms with Crippen LogP contribution in [0.5, 0.6) is 5.75 Å². The second-order valence-corrected chi connectivity index (χ2v) is 5.04. The number of aryl methyl sites for hydroxylation is 1. The van der Waals surface area contributed by atoms with Crippen LogP contribution in [0.1, 0.15) is 16.8 Å². The van der Waals surface area contributed by atoms with Crippen LogP contribution in [0.15, 0.2) is 36.5 Å². The Hall–Kier alpha value is -2.29. The van der Waals surface area contributed by atoms with Crippen LogP contribution < -0.4 is 4.74 Å². The molecule has 0 radical (unpaired) electrons. The standard InChI is InChI=1S/C16H14N2O/c1-10-3-6-15-17-16-13-8-12(19-2)5-4-11(13)7-14(16)18(15)9-10/h3-6,8-9H,7H2,1-2H3. The topological polar surface area (TPSA) is 26.5 Å². The Morgan fingerprint density at radius 3 is 2.95 bits per heavy atom. The number of imidazole rings is 1. The van der Waals surface area contributed by atoms with Crippen molar-refractivity contribution in [3.05, 3.63) is 53.3 Å². The minimum Gasteiger partial charge on any atom is -0.497 e. The number of pyridine rings is 1. The maximum atomic E-state index is 5.31. The fraction of sp³-hybridized carbons (Fsp3) is 0.188. The number of nitrogens with zero attached hydrogens (tertiary/aromatic N) is 2. The van der Waals surface area contributed by atoms with Crippen molar-refractivity contribution in [2.45, 2.75) is 13.3 Å². The summed E-state index contributed by atoms with van der Waals surface area (Å²) < 4.78 is 7.52. The first-order valence-electron chi connectivity index (χ1n) is 6.41. The van der Waals surface area contributed by atoms with Crippen molar-refractivity contribution >= 4 is 5.65 Å². The first-order valence-corrected chi connectivity index (χ1v) is 6.41. The number of fused-ring (bicyclic) bond motifs is 5. The quantitative estimate of drug-likeness (QED) is 0.518. The Balaban J connectivity index is 2.00. The maximum absolute atomic E-state index is 5.31. The van der Waals surface area contributed by atoms with E-state index in [0.29, 0.717) is 0 Å². The third kappa shape index (κ3) is 1.41. The molecule has 0 spiro atoms. The molecule has 0 amide bonds. The predicted octanol–water partition coefficient (Wildman–Crippen LogP) is 3.22. The van der Waals surface area contributed by atoms with Crippen molar-refractivity contribution in [1.82, 2.24) is 9.38 Å². The highest BCUT2D eigenvalue weighted by Crippen LogP contribution is 2.38. The summed E-state index contributed by atoms with van der Waals surface area (Å²) in [7, 11) is 1.70. The number of ether oxygens (including phenoxy) is 1. The molecule has 0 saturated heterocycles. The molecule has 0 aliphatic heterocycles. The van der Waals surface area contributed by atoms with Crippen molar-refractivity contribution in [1.29, 1.82) is 0 Å². The zero-order valence-corrected chi connectivity index (χ0v) is 11.0. The zero-order valence-electron chi connectivity index (χ0n) is 11.0. The van der Waals surface area contributed by atoms with E-state index in [0.717, 1.165) is 23.5 Å². The molecule has 2 aromatic heterocycles. The minimum absolute atomic E-state index is 0.889. The molecule has 0 fully saturated rings. The molecular formula is C16H14N2O. The molecule has 0 atom stereocenters. The Labute approximate surface area is 111 Å². The predicted molar refractivity (Wildman–Crippen MR) is 74.7 cm³/mol. The van der Waals surface area contributed by atoms with Gasteiger partial charge in [-0.25, -0.2) is 4.98 Å². The molecule has 0 N–H and O–H groups in total. The van der Waals surface area contributed by atoms with E-state index in [4.69, 9.17) is 9.72 Å². The summed E-state index contributed by atoms with van der Waals surface area (Å²) in [4.78, 5) is 4.76. The van der Waals surface area contributed by atoms with Crippen molar-refractivity contribution in [2.75, 3.05) is 7.11 Å². The smallest absolute Gasteiger partial charge is 0.137 e. The Kier molecular flexibility index (Phi) is 2.01. The van der Waals surface area contributed by atoms with Gasteiger partial charge < -0.3 is 9.14 Å². The lowest BCUT2D eigenvalue weighted by molar-refractivity contribution is 0.415. The molecule has 3 heteroatoms. The molecule has 1 aliphatic carbocycles. The van der Waals surface area contributed by atoms with Crippen LogP contribution in [0.4, 0.5) is 0 Å². The molecule has 19 heavy (non-hydrogen) atoms. The maximum Gasteiger partial charge on any atom is 0.137 e. The van der Waals surface area contributed by atoms with E-state index in [1.807, 2.05) is 6.07 Å². The second-order valence-electron chi connectivity index (χ2n) is 5.04. The molecule has 1 aromatic carbocycles. The summed E-state index contributed by atoms with van der Waals surface area (Å²) in [6.45, 7) is 2.11. The number of rotatable bonds is 1. The average Bonchev–Trinajstić information content (AvgIpc) is 2.94. The van der Waals surface area contributed by atoms with Gasteiger partial charge in [0, 0.05) is 18.2 Å². The average molecular weight is 250 g/mol. The van der Waals surface area contributed by atoms with Crippen LogP contribution in [-0.4, -0.2) is 16.5 Å². The minimum atomic E-state index is 0.889. The molecule has 0 bridgehead atoms. The number of methoxy groups -OCH3 is 1. The van der Waals surface area contributed by atoms with Crippen molar-refractivity contribution in [2.24, 2.45) is 0 Å². The third-order valence-corrected chi connectivity index (χ3v) is 3.80. The normalized spacial score (nSPS) is 12.5. The largest absolute Gasteiger partial charge is 0.497 e. The molecule has 4 rings (SSSR count). The Morgan fingerprint density at radius 1 is 1.21 bits per heavy atom. The van der Waals surface area contributed by atoms with Gasteiger partial charge in [0.2, 0.25) is 0 Å². The van der Waals surface area contributed by atoms with E-state index < -0.39 is 0 Å². The van der Waals surface area contributed by atoms with Gasteiger partial charge in [0.25, 0.3) is 0 Å². The second kappa shape index (κ2) is 3.60. The van der Waals surface area contributed by atoms with Crippen LogP contribution in [0.3, 0.4) is 0 Å². The van der Waals surface area contributed by atoms with Gasteiger partial charge in [-0.3, -0.25) is 0 Å². The monoisotopic (exact) mass is 250 g/mol. The number of aromatic nitrogens is 2. The highest BCUT2D eigenvalue weighted by molar-refractivity contribution is 5.76. The van der Waals surface area contributed by atoms with Gasteiger partial charge >= 0.3 is 0 Å². The Morgan fingerprint density at radius 2 is 2.11 bits per heavy atom. The fourth-order valence-electron chi connectivity index (χ4n) is 2.82. The summed E-state index contributed by atoms with van der Waals surface area (Å²) in [6.07, 6.45) is 3.10. The van der Waals surface area contributed by atoms with Crippen LogP contribution >= 0.6 is 0 Å². The lowest BCUT2D eigenvalue weighted by Crippen LogP contribution is -1.92. The molecule has 0 unspecified atom stereocenters. The van der Waals surface area contributed by atoms with Gasteiger partial charge in [0.05, 0.1) is 18.5 Å². The lowest BCUT2D eigenvalue weighted by Gasteiger charge is -2.03. The van der Waals surface area contributed by atoms with Crippen molar-refractivity contribution in [3.8, 4) is 17.0 Å². The van der Waals surface area contributed by atoms with E-state index in [1.54, 1.807) is 7.11 Å². The van der Waals surface area contributed by atoms with Crippen LogP contribution in [-0.2, 0) is 6.42 Å². The van der Waals surface area contributed by atoms with Gasteiger partial charge in [-0.15, -0.1) is 0 Å². The molecule has 2 heterocycles. The summed E-state index contributed by atoms with van der Waals surface area (Å²) in [5, 5.41) is 0. The number of hydrogen-bond donors (Lipinski definition) is 0. The van der Waals surface area contributed by atoms with Crippen molar-refractivity contribution in [3.63, 3.8) is 0 Å². The van der Waals surface area contributed by atoms with E-state index in [9.17, 15) is 0 Å². The summed E-state index contributed by atoms with van der Waals surface area (Å²) in [6, 6.07) is 10.4. The number of benzene rings is 1. The highest BCUT2D eigenvalue weighted by atomic mass is 16.5. The van der Waals surface area contributed by atoms with E-state index in [2.05, 4.69) is 41.8 Å². The third-order valence-electron chi connectivity index (χ3n) is 3.80. The number of hydrogen-bond acceptors (Lipinski definition) is 2. The molecule has 94 valence electrons. The van der Waals surface area contributed by atoms with Gasteiger partial charge in [-0.05, 0) is 36.2 Å². The van der Waals surface area contributed by atoms with Gasteiger partial charge in [0.1, 0.15) is 11.4 Å². The summed E-state index contributed by atoms with van der Waals surface area (Å²) in [5.74, 6) is 0.889. The molecule has 0 saturated carbocycles. The van der Waals surface area contributed by atoms with E-state index in [1.165, 1.54) is 22.4 Å². The first kappa shape index (κ1) is 10.6. The Bertz CT molecular complexity index is 802.